The molecule has 0 aromatic carbocycles. The predicted molar refractivity (Wildman–Crippen MR) is 45.0 cm³/mol. The first-order valence-electron chi connectivity index (χ1n) is 4.42. The highest BCUT2D eigenvalue weighted by atomic mass is 16.6. The van der Waals surface area contributed by atoms with E-state index >= 15 is 0 Å². The fourth-order valence-electron chi connectivity index (χ4n) is 1.25. The SMILES string of the molecule is OC1CC(ON=CC2CNC2)C1. The summed E-state index contributed by atoms with van der Waals surface area (Å²) in [7, 11) is 0. The molecule has 2 aliphatic rings. The molecule has 0 aromatic heterocycles. The third-order valence-corrected chi connectivity index (χ3v) is 2.36. The summed E-state index contributed by atoms with van der Waals surface area (Å²) in [5.74, 6) is 0.551. The third kappa shape index (κ3) is 1.76. The van der Waals surface area contributed by atoms with E-state index < -0.39 is 0 Å². The quantitative estimate of drug-likeness (QED) is 0.453. The van der Waals surface area contributed by atoms with Gasteiger partial charge < -0.3 is 15.3 Å². The fraction of sp³-hybridized carbons (Fsp3) is 0.875. The zero-order valence-electron chi connectivity index (χ0n) is 6.94. The molecule has 2 fully saturated rings. The van der Waals surface area contributed by atoms with Crippen LogP contribution in [0.3, 0.4) is 0 Å². The molecule has 1 aliphatic heterocycles. The third-order valence-electron chi connectivity index (χ3n) is 2.36. The summed E-state index contributed by atoms with van der Waals surface area (Å²) in [5.41, 5.74) is 0. The molecule has 2 N–H and O–H groups in total. The molecule has 1 aliphatic carbocycles. The highest BCUT2D eigenvalue weighted by Gasteiger charge is 2.29. The molecule has 0 atom stereocenters. The van der Waals surface area contributed by atoms with Crippen molar-refractivity contribution in [1.29, 1.82) is 0 Å². The van der Waals surface area contributed by atoms with Crippen molar-refractivity contribution >= 4 is 6.21 Å². The maximum absolute atomic E-state index is 8.94. The molecule has 0 unspecified atom stereocenters. The lowest BCUT2D eigenvalue weighted by atomic mass is 9.93. The summed E-state index contributed by atoms with van der Waals surface area (Å²) >= 11 is 0. The van der Waals surface area contributed by atoms with Crippen molar-refractivity contribution in [3.8, 4) is 0 Å². The molecule has 2 rings (SSSR count). The van der Waals surface area contributed by atoms with Crippen LogP contribution in [0.25, 0.3) is 0 Å². The Morgan fingerprint density at radius 2 is 2.17 bits per heavy atom. The summed E-state index contributed by atoms with van der Waals surface area (Å²) in [6, 6.07) is 0. The van der Waals surface area contributed by atoms with Crippen molar-refractivity contribution in [1.82, 2.24) is 5.32 Å². The van der Waals surface area contributed by atoms with Gasteiger partial charge in [0, 0.05) is 38.1 Å². The van der Waals surface area contributed by atoms with Gasteiger partial charge in [0.1, 0.15) is 6.10 Å². The summed E-state index contributed by atoms with van der Waals surface area (Å²) < 4.78 is 0. The number of aliphatic hydroxyl groups is 1. The van der Waals surface area contributed by atoms with Crippen LogP contribution in [0.15, 0.2) is 5.16 Å². The smallest absolute Gasteiger partial charge is 0.132 e. The van der Waals surface area contributed by atoms with E-state index in [1.165, 1.54) is 0 Å². The van der Waals surface area contributed by atoms with Gasteiger partial charge in [-0.05, 0) is 0 Å². The second-order valence-electron chi connectivity index (χ2n) is 3.53. The summed E-state index contributed by atoms with van der Waals surface area (Å²) in [6.07, 6.45) is 3.32. The van der Waals surface area contributed by atoms with E-state index in [9.17, 15) is 0 Å². The van der Waals surface area contributed by atoms with Crippen LogP contribution < -0.4 is 5.32 Å². The number of hydrogen-bond acceptors (Lipinski definition) is 4. The number of rotatable bonds is 3. The molecule has 0 amide bonds. The van der Waals surface area contributed by atoms with Crippen LogP contribution in [0.4, 0.5) is 0 Å². The van der Waals surface area contributed by atoms with Crippen LogP contribution in [0.5, 0.6) is 0 Å². The molecule has 4 heteroatoms. The molecule has 0 bridgehead atoms. The normalized spacial score (nSPS) is 36.1. The number of nitrogens with one attached hydrogen (secondary N) is 1. The monoisotopic (exact) mass is 170 g/mol. The first-order valence-corrected chi connectivity index (χ1v) is 4.42. The topological polar surface area (TPSA) is 53.9 Å². The minimum atomic E-state index is -0.157. The van der Waals surface area contributed by atoms with Crippen LogP contribution in [-0.4, -0.2) is 36.6 Å². The van der Waals surface area contributed by atoms with Crippen LogP contribution in [0.2, 0.25) is 0 Å². The van der Waals surface area contributed by atoms with Crippen molar-refractivity contribution in [2.45, 2.75) is 25.0 Å². The molecule has 0 spiro atoms. The van der Waals surface area contributed by atoms with Crippen LogP contribution in [0.1, 0.15) is 12.8 Å². The Hall–Kier alpha value is -0.610. The van der Waals surface area contributed by atoms with Crippen molar-refractivity contribution in [3.05, 3.63) is 0 Å². The van der Waals surface area contributed by atoms with Crippen molar-refractivity contribution in [3.63, 3.8) is 0 Å². The van der Waals surface area contributed by atoms with Gasteiger partial charge in [0.25, 0.3) is 0 Å². The van der Waals surface area contributed by atoms with E-state index in [0.717, 1.165) is 25.9 Å². The molecule has 12 heavy (non-hydrogen) atoms. The summed E-state index contributed by atoms with van der Waals surface area (Å²) in [4.78, 5) is 5.14. The van der Waals surface area contributed by atoms with Gasteiger partial charge in [-0.25, -0.2) is 0 Å². The Morgan fingerprint density at radius 3 is 2.67 bits per heavy atom. The van der Waals surface area contributed by atoms with Crippen LogP contribution in [-0.2, 0) is 4.84 Å². The van der Waals surface area contributed by atoms with Gasteiger partial charge in [-0.15, -0.1) is 0 Å². The minimum Gasteiger partial charge on any atom is -0.393 e. The van der Waals surface area contributed by atoms with E-state index in [4.69, 9.17) is 9.94 Å². The average Bonchev–Trinajstić information content (AvgIpc) is 1.90. The van der Waals surface area contributed by atoms with Gasteiger partial charge in [0.2, 0.25) is 0 Å². The lowest BCUT2D eigenvalue weighted by Gasteiger charge is -2.29. The lowest BCUT2D eigenvalue weighted by Crippen LogP contribution is -2.43. The van der Waals surface area contributed by atoms with Crippen molar-refractivity contribution in [2.75, 3.05) is 13.1 Å². The van der Waals surface area contributed by atoms with Gasteiger partial charge in [0.15, 0.2) is 0 Å². The molecule has 68 valence electrons. The summed E-state index contributed by atoms with van der Waals surface area (Å²) in [5, 5.41) is 16.0. The Labute approximate surface area is 71.6 Å². The Bertz CT molecular complexity index is 174. The maximum Gasteiger partial charge on any atom is 0.132 e. The van der Waals surface area contributed by atoms with Crippen molar-refractivity contribution in [2.24, 2.45) is 11.1 Å². The van der Waals surface area contributed by atoms with E-state index in [1.54, 1.807) is 0 Å². The first kappa shape index (κ1) is 8.01. The van der Waals surface area contributed by atoms with Crippen molar-refractivity contribution < 1.29 is 9.94 Å². The zero-order valence-corrected chi connectivity index (χ0v) is 6.94. The standard InChI is InChI=1S/C8H14N2O2/c11-7-1-8(2-7)12-10-5-6-3-9-4-6/h5-9,11H,1-4H2. The Morgan fingerprint density at radius 1 is 1.42 bits per heavy atom. The average molecular weight is 170 g/mol. The number of hydrogen-bond donors (Lipinski definition) is 2. The maximum atomic E-state index is 8.94. The van der Waals surface area contributed by atoms with Gasteiger partial charge in [-0.2, -0.15) is 0 Å². The second-order valence-corrected chi connectivity index (χ2v) is 3.53. The minimum absolute atomic E-state index is 0.157. The fourth-order valence-corrected chi connectivity index (χ4v) is 1.25. The number of oxime groups is 1. The lowest BCUT2D eigenvalue weighted by molar-refractivity contribution is -0.0693. The zero-order chi connectivity index (χ0) is 8.39. The molecule has 1 heterocycles. The number of aliphatic hydroxyl groups excluding tert-OH is 1. The molecule has 0 aromatic rings. The summed E-state index contributed by atoms with van der Waals surface area (Å²) in [6.45, 7) is 2.03. The first-order chi connectivity index (χ1) is 5.84. The van der Waals surface area contributed by atoms with Crippen LogP contribution >= 0.6 is 0 Å². The molecular weight excluding hydrogens is 156 g/mol. The largest absolute Gasteiger partial charge is 0.393 e. The molecule has 1 saturated carbocycles. The Balaban J connectivity index is 1.58. The molecule has 1 saturated heterocycles. The van der Waals surface area contributed by atoms with E-state index in [0.29, 0.717) is 5.92 Å². The van der Waals surface area contributed by atoms with E-state index in [1.807, 2.05) is 6.21 Å². The molecule has 4 nitrogen and oxygen atoms in total. The van der Waals surface area contributed by atoms with E-state index in [2.05, 4.69) is 10.5 Å². The van der Waals surface area contributed by atoms with E-state index in [-0.39, 0.29) is 12.2 Å². The molecule has 0 radical (unpaired) electrons. The second kappa shape index (κ2) is 3.41. The van der Waals surface area contributed by atoms with Gasteiger partial charge >= 0.3 is 0 Å². The highest BCUT2D eigenvalue weighted by Crippen LogP contribution is 2.22. The molecular formula is C8H14N2O2. The predicted octanol–water partition coefficient (Wildman–Crippen LogP) is -0.269. The van der Waals surface area contributed by atoms with Gasteiger partial charge in [-0.1, -0.05) is 5.16 Å². The highest BCUT2D eigenvalue weighted by molar-refractivity contribution is 5.61. The van der Waals surface area contributed by atoms with Gasteiger partial charge in [-0.3, -0.25) is 0 Å². The Kier molecular flexibility index (Phi) is 2.28. The number of nitrogens with zero attached hydrogens (tertiary/aromatic N) is 1. The van der Waals surface area contributed by atoms with Crippen LogP contribution in [0, 0.1) is 5.92 Å². The van der Waals surface area contributed by atoms with Gasteiger partial charge in [0.05, 0.1) is 6.10 Å².